The first-order valence-electron chi connectivity index (χ1n) is 5.91. The van der Waals surface area contributed by atoms with E-state index in [1.54, 1.807) is 32.6 Å². The summed E-state index contributed by atoms with van der Waals surface area (Å²) in [5.74, 6) is -1.33. The minimum Gasteiger partial charge on any atom is -0.340 e. The Balaban J connectivity index is 2.70. The zero-order valence-electron chi connectivity index (χ0n) is 10.8. The van der Waals surface area contributed by atoms with Crippen molar-refractivity contribution in [2.24, 2.45) is 11.3 Å². The molecule has 0 bridgehead atoms. The van der Waals surface area contributed by atoms with E-state index in [1.807, 2.05) is 0 Å². The molecule has 0 aliphatic carbocycles. The van der Waals surface area contributed by atoms with Gasteiger partial charge in [-0.15, -0.1) is 0 Å². The molecule has 0 aromatic carbocycles. The molecule has 2 nitrogen and oxygen atoms in total. The summed E-state index contributed by atoms with van der Waals surface area (Å²) in [6.07, 6.45) is -4.09. The van der Waals surface area contributed by atoms with Gasteiger partial charge in [0, 0.05) is 18.0 Å². The number of carbonyl (C=O) groups excluding carboxylic acids is 1. The van der Waals surface area contributed by atoms with Crippen LogP contribution in [0.3, 0.4) is 0 Å². The largest absolute Gasteiger partial charge is 0.391 e. The quantitative estimate of drug-likeness (QED) is 0.647. The second-order valence-electron chi connectivity index (χ2n) is 5.86. The van der Waals surface area contributed by atoms with Gasteiger partial charge in [-0.25, -0.2) is 0 Å². The van der Waals surface area contributed by atoms with Crippen molar-refractivity contribution in [3.63, 3.8) is 0 Å². The lowest BCUT2D eigenvalue weighted by molar-refractivity contribution is -0.192. The van der Waals surface area contributed by atoms with Gasteiger partial charge >= 0.3 is 6.18 Å². The number of rotatable bonds is 0. The molecular weight excluding hydrogens is 231 g/mol. The summed E-state index contributed by atoms with van der Waals surface area (Å²) >= 11 is 0. The molecule has 1 amide bonds. The van der Waals surface area contributed by atoms with Crippen LogP contribution in [-0.2, 0) is 4.79 Å². The van der Waals surface area contributed by atoms with E-state index in [0.717, 1.165) is 0 Å². The monoisotopic (exact) mass is 251 g/mol. The van der Waals surface area contributed by atoms with E-state index in [0.29, 0.717) is 0 Å². The topological polar surface area (TPSA) is 20.3 Å². The van der Waals surface area contributed by atoms with Crippen molar-refractivity contribution in [2.75, 3.05) is 6.54 Å². The molecule has 1 heterocycles. The first-order valence-corrected chi connectivity index (χ1v) is 5.91. The molecule has 17 heavy (non-hydrogen) atoms. The van der Waals surface area contributed by atoms with Crippen molar-refractivity contribution in [1.82, 2.24) is 4.90 Å². The van der Waals surface area contributed by atoms with Crippen LogP contribution in [0.5, 0.6) is 0 Å². The maximum Gasteiger partial charge on any atom is 0.391 e. The van der Waals surface area contributed by atoms with E-state index in [2.05, 4.69) is 0 Å². The van der Waals surface area contributed by atoms with Crippen molar-refractivity contribution in [1.29, 1.82) is 0 Å². The standard InChI is InChI=1S/C12H20F3NO/c1-8-7-9(12(13,14)15)5-6-16(8)10(17)11(2,3)4/h8-9H,5-7H2,1-4H3/t8-,9-/m1/s1. The van der Waals surface area contributed by atoms with Crippen LogP contribution in [-0.4, -0.2) is 29.6 Å². The van der Waals surface area contributed by atoms with Crippen LogP contribution in [0.1, 0.15) is 40.5 Å². The van der Waals surface area contributed by atoms with Gasteiger partial charge in [0.15, 0.2) is 0 Å². The molecule has 1 aliphatic heterocycles. The summed E-state index contributed by atoms with van der Waals surface area (Å²) in [7, 11) is 0. The third-order valence-corrected chi connectivity index (χ3v) is 3.24. The van der Waals surface area contributed by atoms with Gasteiger partial charge in [0.2, 0.25) is 5.91 Å². The van der Waals surface area contributed by atoms with E-state index in [4.69, 9.17) is 0 Å². The number of likely N-dealkylation sites (tertiary alicyclic amines) is 1. The van der Waals surface area contributed by atoms with E-state index in [-0.39, 0.29) is 31.3 Å². The Hall–Kier alpha value is -0.740. The molecule has 0 aromatic heterocycles. The fourth-order valence-electron chi connectivity index (χ4n) is 2.20. The maximum absolute atomic E-state index is 12.6. The number of nitrogens with zero attached hydrogens (tertiary/aromatic N) is 1. The molecule has 5 heteroatoms. The number of hydrogen-bond donors (Lipinski definition) is 0. The molecular formula is C12H20F3NO. The molecule has 1 saturated heterocycles. The smallest absolute Gasteiger partial charge is 0.340 e. The Labute approximate surface area is 100 Å². The molecule has 2 atom stereocenters. The van der Waals surface area contributed by atoms with Gasteiger partial charge in [-0.1, -0.05) is 20.8 Å². The van der Waals surface area contributed by atoms with Crippen LogP contribution < -0.4 is 0 Å². The molecule has 0 spiro atoms. The highest BCUT2D eigenvalue weighted by molar-refractivity contribution is 5.81. The Morgan fingerprint density at radius 3 is 2.12 bits per heavy atom. The summed E-state index contributed by atoms with van der Waals surface area (Å²) in [4.78, 5) is 13.6. The second-order valence-corrected chi connectivity index (χ2v) is 5.86. The second kappa shape index (κ2) is 4.50. The van der Waals surface area contributed by atoms with Crippen LogP contribution in [0.15, 0.2) is 0 Å². The Morgan fingerprint density at radius 2 is 1.76 bits per heavy atom. The highest BCUT2D eigenvalue weighted by Crippen LogP contribution is 2.37. The Kier molecular flexibility index (Phi) is 3.79. The summed E-state index contributed by atoms with van der Waals surface area (Å²) in [5.41, 5.74) is -0.528. The van der Waals surface area contributed by atoms with Crippen LogP contribution in [0.4, 0.5) is 13.2 Å². The lowest BCUT2D eigenvalue weighted by atomic mass is 9.87. The predicted octanol–water partition coefficient (Wildman–Crippen LogP) is 3.22. The van der Waals surface area contributed by atoms with E-state index in [1.165, 1.54) is 0 Å². The lowest BCUT2D eigenvalue weighted by Gasteiger charge is -2.41. The molecule has 0 saturated carbocycles. The minimum atomic E-state index is -4.13. The fraction of sp³-hybridized carbons (Fsp3) is 0.917. The Bertz CT molecular complexity index is 293. The van der Waals surface area contributed by atoms with Crippen LogP contribution in [0.25, 0.3) is 0 Å². The number of carbonyl (C=O) groups is 1. The molecule has 0 unspecified atom stereocenters. The van der Waals surface area contributed by atoms with Crippen LogP contribution in [0.2, 0.25) is 0 Å². The SMILES string of the molecule is C[C@@H]1C[C@H](C(F)(F)F)CCN1C(=O)C(C)(C)C. The average Bonchev–Trinajstić information content (AvgIpc) is 2.13. The highest BCUT2D eigenvalue weighted by Gasteiger charge is 2.45. The van der Waals surface area contributed by atoms with E-state index < -0.39 is 17.5 Å². The molecule has 1 fully saturated rings. The summed E-state index contributed by atoms with van der Waals surface area (Å²) in [6, 6.07) is -0.331. The summed E-state index contributed by atoms with van der Waals surface area (Å²) < 4.78 is 37.7. The minimum absolute atomic E-state index is 0.0192. The first-order chi connectivity index (χ1) is 7.53. The average molecular weight is 251 g/mol. The van der Waals surface area contributed by atoms with Gasteiger partial charge in [-0.05, 0) is 19.8 Å². The number of amides is 1. The van der Waals surface area contributed by atoms with Crippen molar-refractivity contribution in [3.05, 3.63) is 0 Å². The zero-order chi connectivity index (χ0) is 13.4. The van der Waals surface area contributed by atoms with Crippen LogP contribution in [0, 0.1) is 11.3 Å². The van der Waals surface area contributed by atoms with E-state index in [9.17, 15) is 18.0 Å². The normalized spacial score (nSPS) is 27.1. The number of piperidine rings is 1. The van der Waals surface area contributed by atoms with Crippen LogP contribution >= 0.6 is 0 Å². The Morgan fingerprint density at radius 1 is 1.24 bits per heavy atom. The van der Waals surface area contributed by atoms with Gasteiger partial charge < -0.3 is 4.90 Å². The van der Waals surface area contributed by atoms with E-state index >= 15 is 0 Å². The lowest BCUT2D eigenvalue weighted by Crippen LogP contribution is -2.50. The van der Waals surface area contributed by atoms with Gasteiger partial charge in [-0.3, -0.25) is 4.79 Å². The van der Waals surface area contributed by atoms with Gasteiger partial charge in [0.05, 0.1) is 5.92 Å². The van der Waals surface area contributed by atoms with Crippen molar-refractivity contribution < 1.29 is 18.0 Å². The van der Waals surface area contributed by atoms with Gasteiger partial charge in [0.1, 0.15) is 0 Å². The third kappa shape index (κ3) is 3.36. The fourth-order valence-corrected chi connectivity index (χ4v) is 2.20. The van der Waals surface area contributed by atoms with Crippen molar-refractivity contribution in [2.45, 2.75) is 52.8 Å². The maximum atomic E-state index is 12.6. The molecule has 0 N–H and O–H groups in total. The van der Waals surface area contributed by atoms with Gasteiger partial charge in [0.25, 0.3) is 0 Å². The van der Waals surface area contributed by atoms with Gasteiger partial charge in [-0.2, -0.15) is 13.2 Å². The van der Waals surface area contributed by atoms with Crippen molar-refractivity contribution >= 4 is 5.91 Å². The first kappa shape index (κ1) is 14.3. The molecule has 1 rings (SSSR count). The third-order valence-electron chi connectivity index (χ3n) is 3.24. The highest BCUT2D eigenvalue weighted by atomic mass is 19.4. The molecule has 0 aromatic rings. The van der Waals surface area contributed by atoms with Crippen molar-refractivity contribution in [3.8, 4) is 0 Å². The summed E-state index contributed by atoms with van der Waals surface area (Å²) in [6.45, 7) is 7.27. The molecule has 1 aliphatic rings. The number of alkyl halides is 3. The predicted molar refractivity (Wildman–Crippen MR) is 59.4 cm³/mol. The number of hydrogen-bond acceptors (Lipinski definition) is 1. The molecule has 0 radical (unpaired) electrons. The summed E-state index contributed by atoms with van der Waals surface area (Å²) in [5, 5.41) is 0. The zero-order valence-corrected chi connectivity index (χ0v) is 10.8. The number of halogens is 3. The molecule has 100 valence electrons.